The monoisotopic (exact) mass is 349 g/mol. The molecule has 6 heteroatoms. The van der Waals surface area contributed by atoms with Crippen molar-refractivity contribution in [2.45, 2.75) is 25.8 Å². The summed E-state index contributed by atoms with van der Waals surface area (Å²) in [4.78, 5) is 19.5. The van der Waals surface area contributed by atoms with Gasteiger partial charge in [-0.15, -0.1) is 0 Å². The number of hydrogen-bond acceptors (Lipinski definition) is 4. The van der Waals surface area contributed by atoms with Crippen LogP contribution in [-0.4, -0.2) is 44.5 Å². The highest BCUT2D eigenvalue weighted by Crippen LogP contribution is 2.26. The summed E-state index contributed by atoms with van der Waals surface area (Å²) in [7, 11) is 0. The van der Waals surface area contributed by atoms with Crippen LogP contribution >= 0.6 is 0 Å². The molecule has 0 aliphatic carbocycles. The number of amides is 1. The lowest BCUT2D eigenvalue weighted by atomic mass is 9.92. The van der Waals surface area contributed by atoms with Crippen molar-refractivity contribution in [1.29, 1.82) is 0 Å². The van der Waals surface area contributed by atoms with E-state index in [1.165, 1.54) is 0 Å². The number of aromatic nitrogens is 3. The zero-order valence-corrected chi connectivity index (χ0v) is 14.9. The smallest absolute Gasteiger partial charge is 0.259 e. The predicted molar refractivity (Wildman–Crippen MR) is 101 cm³/mol. The van der Waals surface area contributed by atoms with Crippen LogP contribution < -0.4 is 5.73 Å². The van der Waals surface area contributed by atoms with Crippen LogP contribution in [0.4, 0.5) is 0 Å². The first kappa shape index (κ1) is 16.7. The van der Waals surface area contributed by atoms with Crippen LogP contribution in [0.25, 0.3) is 16.9 Å². The second kappa shape index (κ2) is 6.88. The lowest BCUT2D eigenvalue weighted by Crippen LogP contribution is -2.49. The predicted octanol–water partition coefficient (Wildman–Crippen LogP) is 2.60. The minimum Gasteiger partial charge on any atom is -0.334 e. The fourth-order valence-electron chi connectivity index (χ4n) is 3.77. The van der Waals surface area contributed by atoms with Crippen LogP contribution in [0.2, 0.25) is 0 Å². The van der Waals surface area contributed by atoms with Gasteiger partial charge in [-0.05, 0) is 24.8 Å². The van der Waals surface area contributed by atoms with Gasteiger partial charge in [-0.3, -0.25) is 4.79 Å². The zero-order valence-electron chi connectivity index (χ0n) is 14.9. The summed E-state index contributed by atoms with van der Waals surface area (Å²) in [6, 6.07) is 12.0. The lowest BCUT2D eigenvalue weighted by molar-refractivity contribution is 0.0575. The normalized spacial score (nSPS) is 20.5. The van der Waals surface area contributed by atoms with Gasteiger partial charge in [0.2, 0.25) is 0 Å². The summed E-state index contributed by atoms with van der Waals surface area (Å²) >= 11 is 0. The summed E-state index contributed by atoms with van der Waals surface area (Å²) in [5, 5.41) is 4.45. The first-order valence-electron chi connectivity index (χ1n) is 9.08. The largest absolute Gasteiger partial charge is 0.334 e. The summed E-state index contributed by atoms with van der Waals surface area (Å²) in [5.41, 5.74) is 9.01. The van der Waals surface area contributed by atoms with Crippen molar-refractivity contribution in [3.63, 3.8) is 0 Å². The number of piperidine rings is 1. The molecule has 3 heterocycles. The number of benzene rings is 1. The number of hydrogen-bond donors (Lipinski definition) is 1. The highest BCUT2D eigenvalue weighted by molar-refractivity contribution is 6.00. The van der Waals surface area contributed by atoms with Crippen molar-refractivity contribution >= 4 is 11.6 Å². The van der Waals surface area contributed by atoms with Gasteiger partial charge in [-0.1, -0.05) is 37.3 Å². The van der Waals surface area contributed by atoms with E-state index in [0.29, 0.717) is 23.7 Å². The molecule has 0 radical (unpaired) electrons. The van der Waals surface area contributed by atoms with Crippen LogP contribution in [0, 0.1) is 5.92 Å². The van der Waals surface area contributed by atoms with Gasteiger partial charge in [-0.2, -0.15) is 5.10 Å². The molecule has 6 nitrogen and oxygen atoms in total. The van der Waals surface area contributed by atoms with E-state index in [-0.39, 0.29) is 11.9 Å². The maximum absolute atomic E-state index is 13.2. The van der Waals surface area contributed by atoms with E-state index in [1.54, 1.807) is 16.9 Å². The number of nitrogens with two attached hydrogens (primary N) is 1. The van der Waals surface area contributed by atoms with Crippen LogP contribution in [0.5, 0.6) is 0 Å². The van der Waals surface area contributed by atoms with Gasteiger partial charge in [-0.25, -0.2) is 9.50 Å². The van der Waals surface area contributed by atoms with Crippen molar-refractivity contribution in [2.75, 3.05) is 13.1 Å². The second-order valence-corrected chi connectivity index (χ2v) is 7.01. The van der Waals surface area contributed by atoms with E-state index in [2.05, 4.69) is 17.0 Å². The minimum atomic E-state index is -0.0277. The maximum Gasteiger partial charge on any atom is 0.259 e. The Labute approximate surface area is 152 Å². The average Bonchev–Trinajstić information content (AvgIpc) is 3.12. The molecule has 26 heavy (non-hydrogen) atoms. The number of likely N-dealkylation sites (tertiary alicyclic amines) is 1. The van der Waals surface area contributed by atoms with E-state index in [1.807, 2.05) is 41.3 Å². The number of carbonyl (C=O) groups is 1. The van der Waals surface area contributed by atoms with Gasteiger partial charge < -0.3 is 10.6 Å². The molecule has 1 amide bonds. The number of nitrogens with zero attached hydrogens (tertiary/aromatic N) is 4. The van der Waals surface area contributed by atoms with Gasteiger partial charge in [0.1, 0.15) is 5.56 Å². The van der Waals surface area contributed by atoms with Gasteiger partial charge in [0.25, 0.3) is 5.91 Å². The molecule has 0 bridgehead atoms. The van der Waals surface area contributed by atoms with Crippen molar-refractivity contribution in [3.05, 3.63) is 54.4 Å². The molecule has 1 fully saturated rings. The molecule has 1 aliphatic rings. The first-order valence-corrected chi connectivity index (χ1v) is 9.08. The van der Waals surface area contributed by atoms with Crippen molar-refractivity contribution in [1.82, 2.24) is 19.5 Å². The molecule has 0 spiro atoms. The fourth-order valence-corrected chi connectivity index (χ4v) is 3.77. The molecule has 134 valence electrons. The van der Waals surface area contributed by atoms with Crippen molar-refractivity contribution < 1.29 is 4.79 Å². The van der Waals surface area contributed by atoms with Gasteiger partial charge in [0.05, 0.1) is 11.9 Å². The van der Waals surface area contributed by atoms with E-state index in [4.69, 9.17) is 5.73 Å². The van der Waals surface area contributed by atoms with Gasteiger partial charge >= 0.3 is 0 Å². The average molecular weight is 349 g/mol. The molecule has 2 unspecified atom stereocenters. The molecule has 2 aromatic heterocycles. The molecule has 1 aliphatic heterocycles. The van der Waals surface area contributed by atoms with E-state index >= 15 is 0 Å². The van der Waals surface area contributed by atoms with E-state index in [9.17, 15) is 4.79 Å². The molecule has 2 atom stereocenters. The second-order valence-electron chi connectivity index (χ2n) is 7.01. The Bertz CT molecular complexity index is 920. The molecule has 2 N–H and O–H groups in total. The summed E-state index contributed by atoms with van der Waals surface area (Å²) in [5.74, 6) is 0.569. The standard InChI is InChI=1S/C20H23N5O/c1-14-8-10-24(16(11-14)12-21)20(26)17-13-23-25-18(7-9-22-19(17)25)15-5-3-2-4-6-15/h2-7,9,13-14,16H,8,10-12,21H2,1H3. The number of carbonyl (C=O) groups excluding carboxylic acids is 1. The molecule has 1 saturated heterocycles. The quantitative estimate of drug-likeness (QED) is 0.788. The third-order valence-electron chi connectivity index (χ3n) is 5.21. The topological polar surface area (TPSA) is 76.5 Å². The Morgan fingerprint density at radius 2 is 2.08 bits per heavy atom. The molecule has 4 rings (SSSR count). The summed E-state index contributed by atoms with van der Waals surface area (Å²) in [6.45, 7) is 3.43. The Morgan fingerprint density at radius 1 is 1.27 bits per heavy atom. The molecule has 3 aromatic rings. The molecule has 0 saturated carbocycles. The Kier molecular flexibility index (Phi) is 4.42. The van der Waals surface area contributed by atoms with E-state index in [0.717, 1.165) is 30.6 Å². The molecule has 1 aromatic carbocycles. The third-order valence-corrected chi connectivity index (χ3v) is 5.21. The van der Waals surface area contributed by atoms with Crippen molar-refractivity contribution in [3.8, 4) is 11.3 Å². The van der Waals surface area contributed by atoms with Gasteiger partial charge in [0.15, 0.2) is 5.65 Å². The van der Waals surface area contributed by atoms with E-state index < -0.39 is 0 Å². The maximum atomic E-state index is 13.2. The number of rotatable bonds is 3. The molecular formula is C20H23N5O. The summed E-state index contributed by atoms with van der Waals surface area (Å²) in [6.07, 6.45) is 5.31. The Hall–Kier alpha value is -2.73. The van der Waals surface area contributed by atoms with Crippen LogP contribution in [-0.2, 0) is 0 Å². The summed E-state index contributed by atoms with van der Waals surface area (Å²) < 4.78 is 1.74. The molecular weight excluding hydrogens is 326 g/mol. The highest BCUT2D eigenvalue weighted by Gasteiger charge is 2.31. The third kappa shape index (κ3) is 2.86. The first-order chi connectivity index (χ1) is 12.7. The Balaban J connectivity index is 1.73. The van der Waals surface area contributed by atoms with Gasteiger partial charge in [0, 0.05) is 30.9 Å². The number of fused-ring (bicyclic) bond motifs is 1. The fraction of sp³-hybridized carbons (Fsp3) is 0.350. The zero-order chi connectivity index (χ0) is 18.1. The Morgan fingerprint density at radius 3 is 2.85 bits per heavy atom. The highest BCUT2D eigenvalue weighted by atomic mass is 16.2. The lowest BCUT2D eigenvalue weighted by Gasteiger charge is -2.37. The van der Waals surface area contributed by atoms with Crippen LogP contribution in [0.15, 0.2) is 48.8 Å². The van der Waals surface area contributed by atoms with Crippen molar-refractivity contribution in [2.24, 2.45) is 11.7 Å². The SMILES string of the molecule is CC1CCN(C(=O)c2cnn3c(-c4ccccc4)ccnc23)C(CN)C1. The van der Waals surface area contributed by atoms with Crippen LogP contribution in [0.1, 0.15) is 30.1 Å². The van der Waals surface area contributed by atoms with Crippen LogP contribution in [0.3, 0.4) is 0 Å². The minimum absolute atomic E-state index is 0.0277.